The van der Waals surface area contributed by atoms with Gasteiger partial charge in [0.05, 0.1) is 0 Å². The van der Waals surface area contributed by atoms with E-state index in [9.17, 15) is 0 Å². The van der Waals surface area contributed by atoms with Crippen LogP contribution in [-0.4, -0.2) is 18.0 Å². The summed E-state index contributed by atoms with van der Waals surface area (Å²) in [7, 11) is 1.47. The SMILES string of the molecule is CP=C1CCCCC1NC(C)c1ccccc1. The summed E-state index contributed by atoms with van der Waals surface area (Å²) in [5.74, 6) is 0. The van der Waals surface area contributed by atoms with Crippen molar-refractivity contribution in [1.29, 1.82) is 0 Å². The van der Waals surface area contributed by atoms with E-state index in [0.717, 1.165) is 0 Å². The van der Waals surface area contributed by atoms with Gasteiger partial charge in [-0.3, -0.25) is 0 Å². The normalized spacial score (nSPS) is 24.8. The first-order valence-corrected chi connectivity index (χ1v) is 7.92. The summed E-state index contributed by atoms with van der Waals surface area (Å²) in [6.07, 6.45) is 5.39. The molecule has 1 aromatic rings. The standard InChI is InChI=1S/C15H22NP/c1-12(13-8-4-3-5-9-13)16-14-10-6-7-11-15(14)17-2/h3-5,8-9,12,14,16H,6-7,10-11H2,1-2H3. The lowest BCUT2D eigenvalue weighted by molar-refractivity contribution is 0.470. The molecule has 1 N–H and O–H groups in total. The molecular weight excluding hydrogens is 225 g/mol. The fraction of sp³-hybridized carbons (Fsp3) is 0.533. The van der Waals surface area contributed by atoms with Gasteiger partial charge in [-0.2, -0.15) is 0 Å². The maximum atomic E-state index is 3.79. The van der Waals surface area contributed by atoms with Gasteiger partial charge in [-0.25, -0.2) is 0 Å². The van der Waals surface area contributed by atoms with Gasteiger partial charge < -0.3 is 5.32 Å². The molecule has 0 aromatic heterocycles. The van der Waals surface area contributed by atoms with Crippen molar-refractivity contribution in [2.75, 3.05) is 6.66 Å². The Bertz CT molecular complexity index is 372. The van der Waals surface area contributed by atoms with Crippen LogP contribution < -0.4 is 5.32 Å². The molecule has 1 aromatic carbocycles. The van der Waals surface area contributed by atoms with Crippen LogP contribution in [0.5, 0.6) is 0 Å². The molecule has 1 nitrogen and oxygen atoms in total. The Morgan fingerprint density at radius 2 is 2.00 bits per heavy atom. The van der Waals surface area contributed by atoms with Gasteiger partial charge in [-0.15, -0.1) is 8.20 Å². The maximum absolute atomic E-state index is 3.79. The molecule has 2 atom stereocenters. The highest BCUT2D eigenvalue weighted by atomic mass is 31.1. The van der Waals surface area contributed by atoms with Gasteiger partial charge in [0.25, 0.3) is 0 Å². The summed E-state index contributed by atoms with van der Waals surface area (Å²) in [5, 5.41) is 5.49. The second kappa shape index (κ2) is 6.33. The van der Waals surface area contributed by atoms with Gasteiger partial charge in [0.1, 0.15) is 0 Å². The second-order valence-corrected chi connectivity index (χ2v) is 5.83. The fourth-order valence-electron chi connectivity index (χ4n) is 2.58. The maximum Gasteiger partial charge on any atom is 0.0327 e. The Labute approximate surface area is 106 Å². The Balaban J connectivity index is 2.00. The summed E-state index contributed by atoms with van der Waals surface area (Å²) in [5.41, 5.74) is 1.39. The monoisotopic (exact) mass is 247 g/mol. The average molecular weight is 247 g/mol. The quantitative estimate of drug-likeness (QED) is 0.795. The third kappa shape index (κ3) is 3.40. The van der Waals surface area contributed by atoms with Crippen molar-refractivity contribution < 1.29 is 0 Å². The van der Waals surface area contributed by atoms with Crippen LogP contribution in [0.15, 0.2) is 30.3 Å². The lowest BCUT2D eigenvalue weighted by Gasteiger charge is -2.29. The number of hydrogen-bond donors (Lipinski definition) is 1. The Kier molecular flexibility index (Phi) is 4.76. The van der Waals surface area contributed by atoms with E-state index in [1.807, 2.05) is 0 Å². The number of rotatable bonds is 3. The van der Waals surface area contributed by atoms with E-state index in [-0.39, 0.29) is 0 Å². The highest BCUT2D eigenvalue weighted by molar-refractivity contribution is 7.39. The van der Waals surface area contributed by atoms with Crippen molar-refractivity contribution in [3.05, 3.63) is 35.9 Å². The van der Waals surface area contributed by atoms with E-state index < -0.39 is 0 Å². The molecule has 0 radical (unpaired) electrons. The van der Waals surface area contributed by atoms with Crippen molar-refractivity contribution in [2.24, 2.45) is 0 Å². The minimum atomic E-state index is 0.455. The van der Waals surface area contributed by atoms with Crippen molar-refractivity contribution in [2.45, 2.75) is 44.7 Å². The topological polar surface area (TPSA) is 12.0 Å². The summed E-state index contributed by atoms with van der Waals surface area (Å²) in [4.78, 5) is 0. The number of benzene rings is 1. The van der Waals surface area contributed by atoms with Crippen LogP contribution >= 0.6 is 8.20 Å². The smallest absolute Gasteiger partial charge is 0.0327 e. The predicted octanol–water partition coefficient (Wildman–Crippen LogP) is 4.03. The second-order valence-electron chi connectivity index (χ2n) is 4.81. The van der Waals surface area contributed by atoms with Gasteiger partial charge in [0.15, 0.2) is 0 Å². The minimum absolute atomic E-state index is 0.455. The molecule has 2 heteroatoms. The molecule has 1 aliphatic rings. The lowest BCUT2D eigenvalue weighted by Crippen LogP contribution is -2.39. The molecule has 0 amide bonds. The van der Waals surface area contributed by atoms with Crippen LogP contribution in [0.2, 0.25) is 0 Å². The summed E-state index contributed by atoms with van der Waals surface area (Å²) >= 11 is 0. The Morgan fingerprint density at radius 3 is 2.71 bits per heavy atom. The zero-order valence-electron chi connectivity index (χ0n) is 10.8. The first kappa shape index (κ1) is 12.8. The average Bonchev–Trinajstić information content (AvgIpc) is 2.40. The molecule has 0 heterocycles. The third-order valence-corrected chi connectivity index (χ3v) is 4.73. The van der Waals surface area contributed by atoms with Crippen molar-refractivity contribution in [1.82, 2.24) is 5.32 Å². The lowest BCUT2D eigenvalue weighted by atomic mass is 9.94. The van der Waals surface area contributed by atoms with Gasteiger partial charge in [0.2, 0.25) is 0 Å². The van der Waals surface area contributed by atoms with E-state index in [0.29, 0.717) is 12.1 Å². The molecule has 2 unspecified atom stereocenters. The van der Waals surface area contributed by atoms with Gasteiger partial charge in [-0.1, -0.05) is 36.8 Å². The molecule has 0 bridgehead atoms. The third-order valence-electron chi connectivity index (χ3n) is 3.62. The van der Waals surface area contributed by atoms with Gasteiger partial charge >= 0.3 is 0 Å². The Hall–Kier alpha value is -0.650. The summed E-state index contributed by atoms with van der Waals surface area (Å²) in [6, 6.07) is 11.8. The van der Waals surface area contributed by atoms with Crippen molar-refractivity contribution >= 4 is 13.5 Å². The van der Waals surface area contributed by atoms with Crippen LogP contribution in [0.1, 0.15) is 44.2 Å². The molecule has 1 saturated carbocycles. The molecule has 1 fully saturated rings. The van der Waals surface area contributed by atoms with E-state index in [1.165, 1.54) is 39.5 Å². The zero-order valence-corrected chi connectivity index (χ0v) is 11.7. The molecule has 17 heavy (non-hydrogen) atoms. The van der Waals surface area contributed by atoms with Crippen LogP contribution in [0.4, 0.5) is 0 Å². The van der Waals surface area contributed by atoms with Crippen LogP contribution in [-0.2, 0) is 0 Å². The number of hydrogen-bond acceptors (Lipinski definition) is 1. The largest absolute Gasteiger partial charge is 0.303 e. The first-order valence-electron chi connectivity index (χ1n) is 6.58. The summed E-state index contributed by atoms with van der Waals surface area (Å²) < 4.78 is 0. The van der Waals surface area contributed by atoms with Crippen LogP contribution in [0, 0.1) is 0 Å². The zero-order chi connectivity index (χ0) is 12.1. The van der Waals surface area contributed by atoms with Crippen LogP contribution in [0.25, 0.3) is 0 Å². The van der Waals surface area contributed by atoms with E-state index >= 15 is 0 Å². The molecular formula is C15H22NP. The van der Waals surface area contributed by atoms with Gasteiger partial charge in [-0.05, 0) is 43.7 Å². The molecule has 0 aliphatic heterocycles. The molecule has 2 rings (SSSR count). The first-order chi connectivity index (χ1) is 8.31. The highest BCUT2D eigenvalue weighted by Gasteiger charge is 2.20. The van der Waals surface area contributed by atoms with Crippen molar-refractivity contribution in [3.8, 4) is 0 Å². The highest BCUT2D eigenvalue weighted by Crippen LogP contribution is 2.22. The van der Waals surface area contributed by atoms with Gasteiger partial charge in [0, 0.05) is 12.1 Å². The fourth-order valence-corrected chi connectivity index (χ4v) is 3.48. The van der Waals surface area contributed by atoms with Crippen LogP contribution in [0.3, 0.4) is 0 Å². The van der Waals surface area contributed by atoms with Crippen molar-refractivity contribution in [3.63, 3.8) is 0 Å². The Morgan fingerprint density at radius 1 is 1.24 bits per heavy atom. The minimum Gasteiger partial charge on any atom is -0.303 e. The number of nitrogens with one attached hydrogen (secondary N) is 1. The van der Waals surface area contributed by atoms with E-state index in [1.54, 1.807) is 5.29 Å². The predicted molar refractivity (Wildman–Crippen MR) is 78.1 cm³/mol. The van der Waals surface area contributed by atoms with E-state index in [4.69, 9.17) is 0 Å². The molecule has 92 valence electrons. The van der Waals surface area contributed by atoms with E-state index in [2.05, 4.69) is 49.2 Å². The molecule has 1 aliphatic carbocycles. The summed E-state index contributed by atoms with van der Waals surface area (Å²) in [6.45, 7) is 4.54. The molecule has 0 saturated heterocycles. The molecule has 0 spiro atoms.